The quantitative estimate of drug-likeness (QED) is 0.814. The van der Waals surface area contributed by atoms with E-state index in [9.17, 15) is 0 Å². The highest BCUT2D eigenvalue weighted by molar-refractivity contribution is 7.99. The van der Waals surface area contributed by atoms with Crippen LogP contribution in [0.5, 0.6) is 5.75 Å². The molecule has 2 unspecified atom stereocenters. The Morgan fingerprint density at radius 2 is 2.06 bits per heavy atom. The van der Waals surface area contributed by atoms with Gasteiger partial charge in [0.2, 0.25) is 0 Å². The standard InChI is InChI=1S/C13H17N3OS/c1-9(14)12(18-13-15-7-8-16-13)10-3-5-11(17-2)6-4-10/h3-9,12H,14H2,1-2H3,(H,15,16). The number of ether oxygens (including phenoxy) is 1. The summed E-state index contributed by atoms with van der Waals surface area (Å²) in [5.41, 5.74) is 7.24. The van der Waals surface area contributed by atoms with E-state index in [1.54, 1.807) is 25.1 Å². The SMILES string of the molecule is COc1ccc(C(Sc2ncc[nH]2)C(C)N)cc1. The van der Waals surface area contributed by atoms with Gasteiger partial charge in [0.15, 0.2) is 5.16 Å². The normalized spacial score (nSPS) is 14.2. The predicted molar refractivity (Wildman–Crippen MR) is 73.8 cm³/mol. The van der Waals surface area contributed by atoms with Crippen LogP contribution in [0.25, 0.3) is 0 Å². The fourth-order valence-electron chi connectivity index (χ4n) is 1.71. The third-order valence-corrected chi connectivity index (χ3v) is 4.04. The minimum Gasteiger partial charge on any atom is -0.497 e. The van der Waals surface area contributed by atoms with Gasteiger partial charge < -0.3 is 15.5 Å². The monoisotopic (exact) mass is 263 g/mol. The summed E-state index contributed by atoms with van der Waals surface area (Å²) in [5.74, 6) is 0.852. The van der Waals surface area contributed by atoms with Gasteiger partial charge in [-0.2, -0.15) is 0 Å². The molecule has 1 heterocycles. The Morgan fingerprint density at radius 3 is 2.56 bits per heavy atom. The maximum atomic E-state index is 6.06. The van der Waals surface area contributed by atoms with Gasteiger partial charge in [0, 0.05) is 18.4 Å². The second-order valence-electron chi connectivity index (χ2n) is 4.07. The zero-order valence-electron chi connectivity index (χ0n) is 10.5. The molecular formula is C13H17N3OS. The van der Waals surface area contributed by atoms with E-state index < -0.39 is 0 Å². The fraction of sp³-hybridized carbons (Fsp3) is 0.308. The molecule has 3 N–H and O–H groups in total. The highest BCUT2D eigenvalue weighted by atomic mass is 32.2. The van der Waals surface area contributed by atoms with Gasteiger partial charge >= 0.3 is 0 Å². The van der Waals surface area contributed by atoms with Gasteiger partial charge in [-0.15, -0.1) is 0 Å². The highest BCUT2D eigenvalue weighted by Crippen LogP contribution is 2.35. The predicted octanol–water partition coefficient (Wildman–Crippen LogP) is 2.60. The molecule has 5 heteroatoms. The molecule has 2 atom stereocenters. The number of imidazole rings is 1. The topological polar surface area (TPSA) is 63.9 Å². The number of benzene rings is 1. The van der Waals surface area contributed by atoms with Crippen LogP contribution in [-0.4, -0.2) is 23.1 Å². The Hall–Kier alpha value is -1.46. The number of aromatic amines is 1. The summed E-state index contributed by atoms with van der Waals surface area (Å²) in [5, 5.41) is 1.05. The zero-order valence-corrected chi connectivity index (χ0v) is 11.3. The van der Waals surface area contributed by atoms with Crippen molar-refractivity contribution in [2.75, 3.05) is 7.11 Å². The molecule has 0 saturated heterocycles. The first kappa shape index (κ1) is 13.0. The molecule has 1 aromatic heterocycles. The minimum absolute atomic E-state index is 0.0356. The largest absolute Gasteiger partial charge is 0.497 e. The number of aromatic nitrogens is 2. The smallest absolute Gasteiger partial charge is 0.165 e. The van der Waals surface area contributed by atoms with Crippen molar-refractivity contribution in [3.05, 3.63) is 42.2 Å². The number of methoxy groups -OCH3 is 1. The lowest BCUT2D eigenvalue weighted by Gasteiger charge is -2.19. The van der Waals surface area contributed by atoms with Crippen LogP contribution < -0.4 is 10.5 Å². The van der Waals surface area contributed by atoms with E-state index in [2.05, 4.69) is 9.97 Å². The maximum absolute atomic E-state index is 6.06. The lowest BCUT2D eigenvalue weighted by molar-refractivity contribution is 0.414. The summed E-state index contributed by atoms with van der Waals surface area (Å²) < 4.78 is 5.16. The molecular weight excluding hydrogens is 246 g/mol. The van der Waals surface area contributed by atoms with Crippen LogP contribution in [0.4, 0.5) is 0 Å². The van der Waals surface area contributed by atoms with E-state index in [0.29, 0.717) is 0 Å². The van der Waals surface area contributed by atoms with Gasteiger partial charge in [-0.25, -0.2) is 4.98 Å². The van der Waals surface area contributed by atoms with Gasteiger partial charge in [0.25, 0.3) is 0 Å². The summed E-state index contributed by atoms with van der Waals surface area (Å²) in [4.78, 5) is 7.31. The van der Waals surface area contributed by atoms with E-state index in [4.69, 9.17) is 10.5 Å². The van der Waals surface area contributed by atoms with E-state index in [1.165, 1.54) is 5.56 Å². The Balaban J connectivity index is 2.18. The van der Waals surface area contributed by atoms with E-state index in [-0.39, 0.29) is 11.3 Å². The number of nitrogens with two attached hydrogens (primary N) is 1. The van der Waals surface area contributed by atoms with Crippen molar-refractivity contribution in [2.24, 2.45) is 5.73 Å². The van der Waals surface area contributed by atoms with Gasteiger partial charge in [-0.3, -0.25) is 0 Å². The summed E-state index contributed by atoms with van der Waals surface area (Å²) in [6.45, 7) is 2.00. The van der Waals surface area contributed by atoms with Crippen molar-refractivity contribution in [3.8, 4) is 5.75 Å². The molecule has 0 spiro atoms. The molecule has 2 aromatic rings. The van der Waals surface area contributed by atoms with Crippen molar-refractivity contribution in [1.29, 1.82) is 0 Å². The minimum atomic E-state index is 0.0356. The van der Waals surface area contributed by atoms with Crippen LogP contribution in [0.3, 0.4) is 0 Å². The molecule has 0 aliphatic heterocycles. The van der Waals surface area contributed by atoms with Crippen LogP contribution in [0, 0.1) is 0 Å². The van der Waals surface area contributed by atoms with Crippen molar-refractivity contribution < 1.29 is 4.74 Å². The first-order valence-corrected chi connectivity index (χ1v) is 6.64. The summed E-state index contributed by atoms with van der Waals surface area (Å²) in [6.07, 6.45) is 3.56. The Labute approximate surface area is 111 Å². The van der Waals surface area contributed by atoms with E-state index in [1.807, 2.05) is 37.4 Å². The summed E-state index contributed by atoms with van der Waals surface area (Å²) in [6, 6.07) is 8.03. The van der Waals surface area contributed by atoms with Crippen molar-refractivity contribution in [2.45, 2.75) is 23.4 Å². The molecule has 2 rings (SSSR count). The summed E-state index contributed by atoms with van der Waals surface area (Å²) >= 11 is 1.64. The Morgan fingerprint density at radius 1 is 1.33 bits per heavy atom. The Kier molecular flexibility index (Phi) is 4.28. The number of H-pyrrole nitrogens is 1. The van der Waals surface area contributed by atoms with Crippen LogP contribution >= 0.6 is 11.8 Å². The Bertz CT molecular complexity index is 467. The average molecular weight is 263 g/mol. The zero-order chi connectivity index (χ0) is 13.0. The number of rotatable bonds is 5. The van der Waals surface area contributed by atoms with Gasteiger partial charge in [-0.1, -0.05) is 23.9 Å². The number of nitrogens with zero attached hydrogens (tertiary/aromatic N) is 1. The van der Waals surface area contributed by atoms with Crippen LogP contribution in [0.1, 0.15) is 17.7 Å². The highest BCUT2D eigenvalue weighted by Gasteiger charge is 2.18. The number of hydrogen-bond donors (Lipinski definition) is 2. The molecule has 18 heavy (non-hydrogen) atoms. The van der Waals surface area contributed by atoms with Crippen molar-refractivity contribution in [3.63, 3.8) is 0 Å². The lowest BCUT2D eigenvalue weighted by Crippen LogP contribution is -2.22. The number of nitrogens with one attached hydrogen (secondary N) is 1. The molecule has 0 aliphatic carbocycles. The molecule has 4 nitrogen and oxygen atoms in total. The molecule has 0 bridgehead atoms. The second kappa shape index (κ2) is 5.93. The average Bonchev–Trinajstić information content (AvgIpc) is 2.89. The molecule has 0 radical (unpaired) electrons. The third-order valence-electron chi connectivity index (χ3n) is 2.63. The lowest BCUT2D eigenvalue weighted by atomic mass is 10.1. The summed E-state index contributed by atoms with van der Waals surface area (Å²) in [7, 11) is 1.66. The van der Waals surface area contributed by atoms with E-state index in [0.717, 1.165) is 10.9 Å². The second-order valence-corrected chi connectivity index (χ2v) is 5.20. The molecule has 0 saturated carbocycles. The third kappa shape index (κ3) is 3.05. The first-order valence-electron chi connectivity index (χ1n) is 5.76. The maximum Gasteiger partial charge on any atom is 0.165 e. The molecule has 1 aromatic carbocycles. The van der Waals surface area contributed by atoms with Gasteiger partial charge in [-0.05, 0) is 24.6 Å². The van der Waals surface area contributed by atoms with E-state index >= 15 is 0 Å². The van der Waals surface area contributed by atoms with Crippen LogP contribution in [0.2, 0.25) is 0 Å². The number of hydrogen-bond acceptors (Lipinski definition) is 4. The fourth-order valence-corrected chi connectivity index (χ4v) is 2.71. The van der Waals surface area contributed by atoms with Crippen molar-refractivity contribution in [1.82, 2.24) is 9.97 Å². The first-order chi connectivity index (χ1) is 8.70. The van der Waals surface area contributed by atoms with Crippen LogP contribution in [-0.2, 0) is 0 Å². The molecule has 0 aliphatic rings. The van der Waals surface area contributed by atoms with Gasteiger partial charge in [0.05, 0.1) is 12.4 Å². The van der Waals surface area contributed by atoms with Gasteiger partial charge in [0.1, 0.15) is 5.75 Å². The van der Waals surface area contributed by atoms with Crippen LogP contribution in [0.15, 0.2) is 41.8 Å². The molecule has 0 fully saturated rings. The number of thioether (sulfide) groups is 1. The molecule has 96 valence electrons. The molecule has 0 amide bonds. The van der Waals surface area contributed by atoms with Crippen molar-refractivity contribution >= 4 is 11.8 Å².